The van der Waals surface area contributed by atoms with Gasteiger partial charge in [-0.05, 0) is 64.2 Å². The van der Waals surface area contributed by atoms with Gasteiger partial charge in [0.05, 0.1) is 5.60 Å². The highest BCUT2D eigenvalue weighted by Crippen LogP contribution is 2.52. The van der Waals surface area contributed by atoms with Crippen molar-refractivity contribution in [3.05, 3.63) is 12.2 Å². The summed E-state index contributed by atoms with van der Waals surface area (Å²) in [6.45, 7) is 9.05. The van der Waals surface area contributed by atoms with Crippen LogP contribution in [-0.2, 0) is 9.53 Å². The van der Waals surface area contributed by atoms with Crippen LogP contribution < -0.4 is 0 Å². The molecule has 0 aromatic rings. The molecule has 118 valence electrons. The average Bonchev–Trinajstić information content (AvgIpc) is 2.74. The lowest BCUT2D eigenvalue weighted by Gasteiger charge is -2.31. The lowest BCUT2D eigenvalue weighted by Crippen LogP contribution is -2.31. The largest absolute Gasteiger partial charge is 0.459 e. The Morgan fingerprint density at radius 1 is 1.25 bits per heavy atom. The van der Waals surface area contributed by atoms with E-state index in [9.17, 15) is 9.90 Å². The molecular formula is C17H32O3. The van der Waals surface area contributed by atoms with E-state index in [1.165, 1.54) is 0 Å². The van der Waals surface area contributed by atoms with E-state index in [0.29, 0.717) is 23.3 Å². The van der Waals surface area contributed by atoms with Gasteiger partial charge in [0, 0.05) is 5.57 Å². The molecule has 0 aromatic heterocycles. The van der Waals surface area contributed by atoms with Crippen molar-refractivity contribution in [3.63, 3.8) is 0 Å². The SMILES string of the molecule is C.C.C=C(C)C(=O)OC1CC2CC1CC2CC(C)(C)O. The summed E-state index contributed by atoms with van der Waals surface area (Å²) in [5, 5.41) is 9.89. The topological polar surface area (TPSA) is 46.5 Å². The molecule has 0 radical (unpaired) electrons. The lowest BCUT2D eigenvalue weighted by molar-refractivity contribution is -0.147. The molecule has 4 atom stereocenters. The Hall–Kier alpha value is -0.830. The fraction of sp³-hybridized carbons (Fsp3) is 0.824. The van der Waals surface area contributed by atoms with E-state index >= 15 is 0 Å². The zero-order chi connectivity index (χ0) is 13.5. The lowest BCUT2D eigenvalue weighted by atomic mass is 9.80. The molecule has 2 saturated carbocycles. The molecule has 2 rings (SSSR count). The van der Waals surface area contributed by atoms with Crippen LogP contribution in [0.1, 0.15) is 61.3 Å². The molecule has 20 heavy (non-hydrogen) atoms. The maximum atomic E-state index is 11.5. The second kappa shape index (κ2) is 6.75. The maximum Gasteiger partial charge on any atom is 0.333 e. The second-order valence-electron chi connectivity index (χ2n) is 6.73. The molecule has 0 heterocycles. The molecule has 0 aromatic carbocycles. The minimum absolute atomic E-state index is 0. The smallest absolute Gasteiger partial charge is 0.333 e. The second-order valence-corrected chi connectivity index (χ2v) is 6.73. The van der Waals surface area contributed by atoms with Gasteiger partial charge in [0.2, 0.25) is 0 Å². The molecule has 2 bridgehead atoms. The van der Waals surface area contributed by atoms with Crippen molar-refractivity contribution in [1.82, 2.24) is 0 Å². The summed E-state index contributed by atoms with van der Waals surface area (Å²) in [5.41, 5.74) is -0.107. The van der Waals surface area contributed by atoms with Crippen LogP contribution in [0, 0.1) is 17.8 Å². The van der Waals surface area contributed by atoms with Gasteiger partial charge in [-0.3, -0.25) is 0 Å². The van der Waals surface area contributed by atoms with E-state index in [1.54, 1.807) is 6.92 Å². The molecule has 2 fully saturated rings. The summed E-state index contributed by atoms with van der Waals surface area (Å²) in [6, 6.07) is 0. The Balaban J connectivity index is 0.00000180. The fourth-order valence-corrected chi connectivity index (χ4v) is 3.62. The molecule has 2 aliphatic carbocycles. The van der Waals surface area contributed by atoms with Crippen LogP contribution in [0.3, 0.4) is 0 Å². The summed E-state index contributed by atoms with van der Waals surface area (Å²) in [5.74, 6) is 1.44. The minimum Gasteiger partial charge on any atom is -0.459 e. The third-order valence-electron chi connectivity index (χ3n) is 4.31. The van der Waals surface area contributed by atoms with Gasteiger partial charge in [0.1, 0.15) is 6.10 Å². The maximum absolute atomic E-state index is 11.5. The molecule has 2 aliphatic rings. The first kappa shape index (κ1) is 19.2. The number of rotatable bonds is 4. The van der Waals surface area contributed by atoms with Crippen molar-refractivity contribution in [3.8, 4) is 0 Å². The van der Waals surface area contributed by atoms with Crippen molar-refractivity contribution in [2.24, 2.45) is 17.8 Å². The van der Waals surface area contributed by atoms with Crippen LogP contribution in [0.2, 0.25) is 0 Å². The molecule has 1 N–H and O–H groups in total. The Morgan fingerprint density at radius 2 is 1.85 bits per heavy atom. The number of carbonyl (C=O) groups is 1. The summed E-state index contributed by atoms with van der Waals surface area (Å²) < 4.78 is 5.48. The van der Waals surface area contributed by atoms with Crippen LogP contribution in [0.4, 0.5) is 0 Å². The molecular weight excluding hydrogens is 252 g/mol. The van der Waals surface area contributed by atoms with E-state index in [1.807, 2.05) is 13.8 Å². The van der Waals surface area contributed by atoms with Crippen molar-refractivity contribution >= 4 is 5.97 Å². The highest BCUT2D eigenvalue weighted by Gasteiger charge is 2.48. The molecule has 3 heteroatoms. The Morgan fingerprint density at radius 3 is 2.25 bits per heavy atom. The van der Waals surface area contributed by atoms with Gasteiger partial charge < -0.3 is 9.84 Å². The Labute approximate surface area is 124 Å². The van der Waals surface area contributed by atoms with Crippen molar-refractivity contribution in [2.45, 2.75) is 73.0 Å². The number of esters is 1. The predicted octanol–water partition coefficient (Wildman–Crippen LogP) is 3.95. The summed E-state index contributed by atoms with van der Waals surface area (Å²) >= 11 is 0. The number of hydrogen-bond acceptors (Lipinski definition) is 3. The normalized spacial score (nSPS) is 31.2. The molecule has 0 spiro atoms. The zero-order valence-electron chi connectivity index (χ0n) is 11.6. The molecule has 0 aliphatic heterocycles. The zero-order valence-corrected chi connectivity index (χ0v) is 11.6. The first-order valence-electron chi connectivity index (χ1n) is 6.85. The van der Waals surface area contributed by atoms with E-state index in [-0.39, 0.29) is 26.9 Å². The molecule has 0 saturated heterocycles. The van der Waals surface area contributed by atoms with Gasteiger partial charge in [-0.15, -0.1) is 0 Å². The van der Waals surface area contributed by atoms with E-state index in [4.69, 9.17) is 4.74 Å². The van der Waals surface area contributed by atoms with Crippen molar-refractivity contribution < 1.29 is 14.6 Å². The summed E-state index contributed by atoms with van der Waals surface area (Å²) in [6.07, 6.45) is 4.13. The van der Waals surface area contributed by atoms with Crippen LogP contribution in [-0.4, -0.2) is 22.8 Å². The summed E-state index contributed by atoms with van der Waals surface area (Å²) in [7, 11) is 0. The van der Waals surface area contributed by atoms with E-state index < -0.39 is 5.60 Å². The third kappa shape index (κ3) is 4.34. The highest BCUT2D eigenvalue weighted by atomic mass is 16.5. The Kier molecular flexibility index (Phi) is 6.47. The standard InChI is InChI=1S/C15H24O3.2CH4/c1-9(2)14(16)18-13-7-10-5-11(13)6-12(10)8-15(3,4)17;;/h10-13,17H,1,5-8H2,2-4H3;2*1H4. The third-order valence-corrected chi connectivity index (χ3v) is 4.31. The minimum atomic E-state index is -0.584. The monoisotopic (exact) mass is 284 g/mol. The van der Waals surface area contributed by atoms with Crippen LogP contribution in [0.25, 0.3) is 0 Å². The van der Waals surface area contributed by atoms with Crippen molar-refractivity contribution in [2.75, 3.05) is 0 Å². The van der Waals surface area contributed by atoms with Crippen molar-refractivity contribution in [1.29, 1.82) is 0 Å². The molecule has 3 nitrogen and oxygen atoms in total. The van der Waals surface area contributed by atoms with E-state index in [0.717, 1.165) is 25.7 Å². The predicted molar refractivity (Wildman–Crippen MR) is 83.4 cm³/mol. The van der Waals surface area contributed by atoms with Crippen LogP contribution >= 0.6 is 0 Å². The van der Waals surface area contributed by atoms with Gasteiger partial charge >= 0.3 is 5.97 Å². The van der Waals surface area contributed by atoms with Gasteiger partial charge in [-0.1, -0.05) is 21.4 Å². The molecule has 4 unspecified atom stereocenters. The quantitative estimate of drug-likeness (QED) is 0.628. The van der Waals surface area contributed by atoms with Crippen LogP contribution in [0.5, 0.6) is 0 Å². The first-order valence-corrected chi connectivity index (χ1v) is 6.85. The highest BCUT2D eigenvalue weighted by molar-refractivity contribution is 5.87. The summed E-state index contributed by atoms with van der Waals surface area (Å²) in [4.78, 5) is 11.5. The average molecular weight is 284 g/mol. The number of fused-ring (bicyclic) bond motifs is 2. The molecule has 0 amide bonds. The first-order chi connectivity index (χ1) is 8.26. The number of hydrogen-bond donors (Lipinski definition) is 1. The van der Waals surface area contributed by atoms with Gasteiger partial charge in [0.25, 0.3) is 0 Å². The van der Waals surface area contributed by atoms with Gasteiger partial charge in [0.15, 0.2) is 0 Å². The Bertz CT molecular complexity index is 354. The number of aliphatic hydroxyl groups is 1. The van der Waals surface area contributed by atoms with Gasteiger partial charge in [-0.25, -0.2) is 4.79 Å². The number of carbonyl (C=O) groups excluding carboxylic acids is 1. The number of ether oxygens (including phenoxy) is 1. The van der Waals surface area contributed by atoms with Gasteiger partial charge in [-0.2, -0.15) is 0 Å². The van der Waals surface area contributed by atoms with E-state index in [2.05, 4.69) is 6.58 Å². The fourth-order valence-electron chi connectivity index (χ4n) is 3.62. The van der Waals surface area contributed by atoms with Crippen LogP contribution in [0.15, 0.2) is 12.2 Å².